The van der Waals surface area contributed by atoms with Crippen LogP contribution >= 0.6 is 11.3 Å². The molecule has 21 heavy (non-hydrogen) atoms. The van der Waals surface area contributed by atoms with Gasteiger partial charge in [0.2, 0.25) is 0 Å². The van der Waals surface area contributed by atoms with Crippen LogP contribution in [0.25, 0.3) is 10.8 Å². The van der Waals surface area contributed by atoms with Gasteiger partial charge in [-0.2, -0.15) is 0 Å². The number of nitrogens with one attached hydrogen (secondary N) is 1. The van der Waals surface area contributed by atoms with E-state index in [9.17, 15) is 5.11 Å². The summed E-state index contributed by atoms with van der Waals surface area (Å²) >= 11 is 1.77. The standard InChI is InChI=1S/C18H19NOS/c1-19-12-14(11-15-6-4-10-21-15)18-16-7-3-2-5-13(16)8-9-17(18)20/h2-10,14,19-20H,11-12H2,1H3/t14-/m0/s1. The van der Waals surface area contributed by atoms with Crippen molar-refractivity contribution in [3.63, 3.8) is 0 Å². The predicted octanol–water partition coefficient (Wildman–Crippen LogP) is 4.15. The molecule has 0 amide bonds. The molecule has 108 valence electrons. The summed E-state index contributed by atoms with van der Waals surface area (Å²) in [6.45, 7) is 0.847. The Morgan fingerprint density at radius 1 is 1.10 bits per heavy atom. The van der Waals surface area contributed by atoms with Gasteiger partial charge in [0.25, 0.3) is 0 Å². The van der Waals surface area contributed by atoms with Crippen LogP contribution in [0.4, 0.5) is 0 Å². The molecular formula is C18H19NOS. The molecule has 3 aromatic rings. The van der Waals surface area contributed by atoms with Crippen molar-refractivity contribution >= 4 is 22.1 Å². The molecule has 2 nitrogen and oxygen atoms in total. The zero-order chi connectivity index (χ0) is 14.7. The number of rotatable bonds is 5. The van der Waals surface area contributed by atoms with Gasteiger partial charge in [0, 0.05) is 22.9 Å². The Kier molecular flexibility index (Phi) is 4.23. The molecular weight excluding hydrogens is 278 g/mol. The van der Waals surface area contributed by atoms with Crippen molar-refractivity contribution in [2.24, 2.45) is 0 Å². The molecule has 3 heteroatoms. The summed E-state index contributed by atoms with van der Waals surface area (Å²) in [5.41, 5.74) is 1.05. The number of thiophene rings is 1. The number of hydrogen-bond acceptors (Lipinski definition) is 3. The second-order valence-electron chi connectivity index (χ2n) is 5.26. The fourth-order valence-electron chi connectivity index (χ4n) is 2.91. The summed E-state index contributed by atoms with van der Waals surface area (Å²) in [7, 11) is 1.96. The SMILES string of the molecule is CNC[C@H](Cc1cccs1)c1c(O)ccc2ccccc12. The number of hydrogen-bond donors (Lipinski definition) is 2. The molecule has 0 fully saturated rings. The van der Waals surface area contributed by atoms with E-state index < -0.39 is 0 Å². The van der Waals surface area contributed by atoms with E-state index in [1.54, 1.807) is 11.3 Å². The van der Waals surface area contributed by atoms with Crippen LogP contribution in [0.15, 0.2) is 53.9 Å². The lowest BCUT2D eigenvalue weighted by molar-refractivity contribution is 0.460. The lowest BCUT2D eigenvalue weighted by atomic mass is 9.89. The smallest absolute Gasteiger partial charge is 0.119 e. The molecule has 0 saturated carbocycles. The molecule has 0 bridgehead atoms. The highest BCUT2D eigenvalue weighted by molar-refractivity contribution is 7.09. The van der Waals surface area contributed by atoms with Gasteiger partial charge in [-0.25, -0.2) is 0 Å². The lowest BCUT2D eigenvalue weighted by Crippen LogP contribution is -2.19. The Bertz CT molecular complexity index is 721. The molecule has 1 atom stereocenters. The molecule has 0 radical (unpaired) electrons. The monoisotopic (exact) mass is 297 g/mol. The minimum atomic E-state index is 0.264. The van der Waals surface area contributed by atoms with Gasteiger partial charge in [-0.3, -0.25) is 0 Å². The maximum atomic E-state index is 10.4. The fraction of sp³-hybridized carbons (Fsp3) is 0.222. The highest BCUT2D eigenvalue weighted by atomic mass is 32.1. The van der Waals surface area contributed by atoms with Gasteiger partial charge in [0.1, 0.15) is 5.75 Å². The minimum absolute atomic E-state index is 0.264. The van der Waals surface area contributed by atoms with Crippen molar-refractivity contribution in [2.45, 2.75) is 12.3 Å². The van der Waals surface area contributed by atoms with Crippen molar-refractivity contribution in [1.82, 2.24) is 5.32 Å². The van der Waals surface area contributed by atoms with Crippen LogP contribution in [0.3, 0.4) is 0 Å². The van der Waals surface area contributed by atoms with Gasteiger partial charge in [-0.05, 0) is 41.8 Å². The third kappa shape index (κ3) is 2.94. The largest absolute Gasteiger partial charge is 0.508 e. The van der Waals surface area contributed by atoms with Gasteiger partial charge in [-0.1, -0.05) is 36.4 Å². The number of fused-ring (bicyclic) bond motifs is 1. The Labute approximate surface area is 129 Å². The molecule has 0 spiro atoms. The van der Waals surface area contributed by atoms with Crippen molar-refractivity contribution in [3.05, 3.63) is 64.4 Å². The molecule has 2 aromatic carbocycles. The van der Waals surface area contributed by atoms with E-state index in [0.717, 1.165) is 23.9 Å². The van der Waals surface area contributed by atoms with Gasteiger partial charge >= 0.3 is 0 Å². The van der Waals surface area contributed by atoms with Crippen LogP contribution in [-0.2, 0) is 6.42 Å². The molecule has 1 heterocycles. The molecule has 0 unspecified atom stereocenters. The Hall–Kier alpha value is -1.84. The normalized spacial score (nSPS) is 12.6. The van der Waals surface area contributed by atoms with Crippen LogP contribution in [0.1, 0.15) is 16.4 Å². The number of phenols is 1. The van der Waals surface area contributed by atoms with E-state index in [1.165, 1.54) is 10.3 Å². The van der Waals surface area contributed by atoms with Gasteiger partial charge in [0.05, 0.1) is 0 Å². The van der Waals surface area contributed by atoms with Crippen molar-refractivity contribution in [1.29, 1.82) is 0 Å². The Balaban J connectivity index is 2.07. The first-order valence-electron chi connectivity index (χ1n) is 7.17. The molecule has 2 N–H and O–H groups in total. The van der Waals surface area contributed by atoms with E-state index in [1.807, 2.05) is 31.3 Å². The van der Waals surface area contributed by atoms with Crippen molar-refractivity contribution in [3.8, 4) is 5.75 Å². The maximum absolute atomic E-state index is 10.4. The van der Waals surface area contributed by atoms with Crippen LogP contribution in [0.5, 0.6) is 5.75 Å². The van der Waals surface area contributed by atoms with Crippen LogP contribution in [-0.4, -0.2) is 18.7 Å². The summed E-state index contributed by atoms with van der Waals surface area (Å²) in [5.74, 6) is 0.658. The van der Waals surface area contributed by atoms with Crippen molar-refractivity contribution < 1.29 is 5.11 Å². The first kappa shape index (κ1) is 14.1. The van der Waals surface area contributed by atoms with E-state index >= 15 is 0 Å². The third-order valence-corrected chi connectivity index (χ3v) is 4.73. The first-order valence-corrected chi connectivity index (χ1v) is 8.05. The van der Waals surface area contributed by atoms with Gasteiger partial charge in [-0.15, -0.1) is 11.3 Å². The second-order valence-corrected chi connectivity index (χ2v) is 6.29. The zero-order valence-corrected chi connectivity index (χ0v) is 12.9. The molecule has 0 aliphatic carbocycles. The summed E-state index contributed by atoms with van der Waals surface area (Å²) < 4.78 is 0. The number of phenolic OH excluding ortho intramolecular Hbond substituents is 1. The molecule has 0 aliphatic rings. The second kappa shape index (κ2) is 6.29. The Morgan fingerprint density at radius 3 is 2.71 bits per heavy atom. The van der Waals surface area contributed by atoms with E-state index in [0.29, 0.717) is 5.75 Å². The average Bonchev–Trinajstić information content (AvgIpc) is 3.00. The zero-order valence-electron chi connectivity index (χ0n) is 12.0. The van der Waals surface area contributed by atoms with Gasteiger partial charge in [0.15, 0.2) is 0 Å². The van der Waals surface area contributed by atoms with E-state index in [2.05, 4.69) is 35.0 Å². The highest BCUT2D eigenvalue weighted by Gasteiger charge is 2.18. The van der Waals surface area contributed by atoms with Crippen LogP contribution in [0.2, 0.25) is 0 Å². The Morgan fingerprint density at radius 2 is 1.95 bits per heavy atom. The number of aromatic hydroxyl groups is 1. The minimum Gasteiger partial charge on any atom is -0.508 e. The maximum Gasteiger partial charge on any atom is 0.119 e. The fourth-order valence-corrected chi connectivity index (χ4v) is 3.69. The van der Waals surface area contributed by atoms with Gasteiger partial charge < -0.3 is 10.4 Å². The van der Waals surface area contributed by atoms with E-state index in [-0.39, 0.29) is 5.92 Å². The summed E-state index contributed by atoms with van der Waals surface area (Å²) in [6.07, 6.45) is 0.945. The summed E-state index contributed by atoms with van der Waals surface area (Å²) in [5, 5.41) is 18.1. The van der Waals surface area contributed by atoms with Crippen LogP contribution < -0.4 is 5.32 Å². The first-order chi connectivity index (χ1) is 10.3. The molecule has 0 saturated heterocycles. The third-order valence-electron chi connectivity index (χ3n) is 3.83. The summed E-state index contributed by atoms with van der Waals surface area (Å²) in [4.78, 5) is 1.35. The number of benzene rings is 2. The quantitative estimate of drug-likeness (QED) is 0.741. The van der Waals surface area contributed by atoms with Crippen LogP contribution in [0, 0.1) is 0 Å². The summed E-state index contributed by atoms with van der Waals surface area (Å²) in [6, 6.07) is 16.3. The topological polar surface area (TPSA) is 32.3 Å². The lowest BCUT2D eigenvalue weighted by Gasteiger charge is -2.20. The molecule has 1 aromatic heterocycles. The highest BCUT2D eigenvalue weighted by Crippen LogP contribution is 2.35. The van der Waals surface area contributed by atoms with Crippen molar-refractivity contribution in [2.75, 3.05) is 13.6 Å². The van der Waals surface area contributed by atoms with E-state index in [4.69, 9.17) is 0 Å². The molecule has 0 aliphatic heterocycles. The molecule has 3 rings (SSSR count). The average molecular weight is 297 g/mol. The number of likely N-dealkylation sites (N-methyl/N-ethyl adjacent to an activating group) is 1. The predicted molar refractivity (Wildman–Crippen MR) is 90.3 cm³/mol.